The van der Waals surface area contributed by atoms with E-state index >= 15 is 0 Å². The molecule has 3 aromatic rings. The molecule has 0 saturated heterocycles. The molecular weight excluding hydrogens is 268 g/mol. The molecule has 0 atom stereocenters. The Morgan fingerprint density at radius 2 is 2.14 bits per heavy atom. The number of hydrogen-bond donors (Lipinski definition) is 1. The maximum Gasteiger partial charge on any atom is 0.358 e. The Labute approximate surface area is 120 Å². The van der Waals surface area contributed by atoms with Gasteiger partial charge < -0.3 is 5.11 Å². The summed E-state index contributed by atoms with van der Waals surface area (Å²) in [6.07, 6.45) is 5.47. The van der Waals surface area contributed by atoms with Crippen LogP contribution in [0.5, 0.6) is 0 Å². The van der Waals surface area contributed by atoms with Crippen LogP contribution in [0.15, 0.2) is 36.7 Å². The molecule has 6 heteroatoms. The lowest BCUT2D eigenvalue weighted by Gasteiger charge is -2.09. The summed E-state index contributed by atoms with van der Waals surface area (Å²) >= 11 is 0. The van der Waals surface area contributed by atoms with Crippen molar-refractivity contribution in [3.63, 3.8) is 0 Å². The van der Waals surface area contributed by atoms with Crippen molar-refractivity contribution in [2.75, 3.05) is 0 Å². The van der Waals surface area contributed by atoms with Gasteiger partial charge in [0.05, 0.1) is 11.4 Å². The standard InChI is InChI=1S/C15H12N4O2/c20-15(21)13-14(9-4-5-9)19(18-17-13)12-3-1-2-10-8-16-7-6-11(10)12/h1-3,6-9H,4-5H2,(H,20,21). The summed E-state index contributed by atoms with van der Waals surface area (Å²) in [7, 11) is 0. The predicted octanol–water partition coefficient (Wildman–Crippen LogP) is 2.39. The smallest absolute Gasteiger partial charge is 0.358 e. The number of aromatic carboxylic acids is 1. The van der Waals surface area contributed by atoms with E-state index in [9.17, 15) is 9.90 Å². The van der Waals surface area contributed by atoms with Crippen molar-refractivity contribution < 1.29 is 9.90 Å². The third-order valence-corrected chi connectivity index (χ3v) is 3.76. The first-order valence-corrected chi connectivity index (χ1v) is 6.77. The average Bonchev–Trinajstić information content (AvgIpc) is 3.25. The van der Waals surface area contributed by atoms with Crippen LogP contribution in [-0.2, 0) is 0 Å². The Morgan fingerprint density at radius 3 is 2.90 bits per heavy atom. The predicted molar refractivity (Wildman–Crippen MR) is 75.6 cm³/mol. The van der Waals surface area contributed by atoms with Crippen LogP contribution < -0.4 is 0 Å². The number of carboxylic acid groups (broad SMARTS) is 1. The third kappa shape index (κ3) is 1.87. The summed E-state index contributed by atoms with van der Waals surface area (Å²) < 4.78 is 1.67. The first-order chi connectivity index (χ1) is 10.3. The van der Waals surface area contributed by atoms with Crippen molar-refractivity contribution in [1.29, 1.82) is 0 Å². The molecule has 0 radical (unpaired) electrons. The van der Waals surface area contributed by atoms with E-state index in [-0.39, 0.29) is 11.6 Å². The number of carbonyl (C=O) groups is 1. The van der Waals surface area contributed by atoms with Crippen molar-refractivity contribution in [2.45, 2.75) is 18.8 Å². The van der Waals surface area contributed by atoms with Gasteiger partial charge in [0, 0.05) is 29.1 Å². The van der Waals surface area contributed by atoms with Crippen LogP contribution in [0.3, 0.4) is 0 Å². The first-order valence-electron chi connectivity index (χ1n) is 6.77. The van der Waals surface area contributed by atoms with Crippen LogP contribution in [0.4, 0.5) is 0 Å². The van der Waals surface area contributed by atoms with Gasteiger partial charge in [0.1, 0.15) is 0 Å². The summed E-state index contributed by atoms with van der Waals surface area (Å²) in [5, 5.41) is 19.2. The second-order valence-corrected chi connectivity index (χ2v) is 5.19. The highest BCUT2D eigenvalue weighted by Gasteiger charge is 2.34. The molecular formula is C15H12N4O2. The lowest BCUT2D eigenvalue weighted by molar-refractivity contribution is 0.0689. The van der Waals surface area contributed by atoms with Gasteiger partial charge in [-0.25, -0.2) is 9.48 Å². The maximum absolute atomic E-state index is 11.3. The molecule has 6 nitrogen and oxygen atoms in total. The number of pyridine rings is 1. The van der Waals surface area contributed by atoms with E-state index in [1.54, 1.807) is 17.1 Å². The molecule has 1 aliphatic carbocycles. The second kappa shape index (κ2) is 4.37. The summed E-state index contributed by atoms with van der Waals surface area (Å²) in [5.74, 6) is -0.784. The minimum absolute atomic E-state index is 0.0589. The zero-order chi connectivity index (χ0) is 14.4. The molecule has 2 heterocycles. The van der Waals surface area contributed by atoms with Crippen molar-refractivity contribution in [2.24, 2.45) is 0 Å². The number of fused-ring (bicyclic) bond motifs is 1. The molecule has 0 spiro atoms. The average molecular weight is 280 g/mol. The Bertz CT molecular complexity index is 847. The largest absolute Gasteiger partial charge is 0.476 e. The van der Waals surface area contributed by atoms with E-state index in [4.69, 9.17) is 0 Å². The fourth-order valence-electron chi connectivity index (χ4n) is 2.63. The van der Waals surface area contributed by atoms with Crippen LogP contribution in [-0.4, -0.2) is 31.1 Å². The number of carboxylic acids is 1. The van der Waals surface area contributed by atoms with Crippen LogP contribution in [0, 0.1) is 0 Å². The first kappa shape index (κ1) is 12.0. The number of nitrogens with zero attached hydrogens (tertiary/aromatic N) is 4. The van der Waals surface area contributed by atoms with Crippen molar-refractivity contribution in [3.05, 3.63) is 48.0 Å². The fraction of sp³-hybridized carbons (Fsp3) is 0.200. The van der Waals surface area contributed by atoms with Crippen molar-refractivity contribution >= 4 is 16.7 Å². The second-order valence-electron chi connectivity index (χ2n) is 5.19. The van der Waals surface area contributed by atoms with Gasteiger partial charge in [-0.2, -0.15) is 0 Å². The highest BCUT2D eigenvalue weighted by Crippen LogP contribution is 2.42. The summed E-state index contributed by atoms with van der Waals surface area (Å²) in [6, 6.07) is 7.72. The molecule has 0 unspecified atom stereocenters. The quantitative estimate of drug-likeness (QED) is 0.796. The van der Waals surface area contributed by atoms with E-state index in [0.717, 1.165) is 29.3 Å². The molecule has 1 aliphatic rings. The van der Waals surface area contributed by atoms with Crippen LogP contribution in [0.2, 0.25) is 0 Å². The van der Waals surface area contributed by atoms with Gasteiger partial charge in [-0.1, -0.05) is 17.3 Å². The van der Waals surface area contributed by atoms with Crippen molar-refractivity contribution in [1.82, 2.24) is 20.0 Å². The van der Waals surface area contributed by atoms with Gasteiger partial charge in [-0.15, -0.1) is 5.10 Å². The molecule has 0 aliphatic heterocycles. The van der Waals surface area contributed by atoms with Crippen LogP contribution >= 0.6 is 0 Å². The third-order valence-electron chi connectivity index (χ3n) is 3.76. The lowest BCUT2D eigenvalue weighted by Crippen LogP contribution is -2.06. The normalized spacial score (nSPS) is 14.5. The Kier molecular flexibility index (Phi) is 2.50. The minimum atomic E-state index is -1.02. The number of rotatable bonds is 3. The van der Waals surface area contributed by atoms with Gasteiger partial charge in [0.15, 0.2) is 5.69 Å². The molecule has 0 bridgehead atoms. The van der Waals surface area contributed by atoms with Crippen molar-refractivity contribution in [3.8, 4) is 5.69 Å². The van der Waals surface area contributed by atoms with E-state index in [0.29, 0.717) is 5.69 Å². The molecule has 4 rings (SSSR count). The van der Waals surface area contributed by atoms with Gasteiger partial charge in [-0.3, -0.25) is 4.98 Å². The Balaban J connectivity index is 1.99. The topological polar surface area (TPSA) is 80.9 Å². The van der Waals surface area contributed by atoms with Gasteiger partial charge in [0.25, 0.3) is 0 Å². The summed E-state index contributed by atoms with van der Waals surface area (Å²) in [6.45, 7) is 0. The van der Waals surface area contributed by atoms with Gasteiger partial charge >= 0.3 is 5.97 Å². The van der Waals surface area contributed by atoms with Crippen LogP contribution in [0.25, 0.3) is 16.5 Å². The molecule has 0 amide bonds. The molecule has 1 N–H and O–H groups in total. The van der Waals surface area contributed by atoms with E-state index in [1.165, 1.54) is 0 Å². The molecule has 1 saturated carbocycles. The Morgan fingerprint density at radius 1 is 1.29 bits per heavy atom. The van der Waals surface area contributed by atoms with Gasteiger partial charge in [-0.05, 0) is 25.0 Å². The number of benzene rings is 1. The molecule has 104 valence electrons. The minimum Gasteiger partial charge on any atom is -0.476 e. The summed E-state index contributed by atoms with van der Waals surface area (Å²) in [4.78, 5) is 15.4. The van der Waals surface area contributed by atoms with Crippen LogP contribution in [0.1, 0.15) is 34.9 Å². The maximum atomic E-state index is 11.3. The van der Waals surface area contributed by atoms with Gasteiger partial charge in [0.2, 0.25) is 0 Å². The molecule has 1 aromatic carbocycles. The lowest BCUT2D eigenvalue weighted by atomic mass is 10.1. The number of aromatic nitrogens is 4. The van der Waals surface area contributed by atoms with E-state index in [1.807, 2.05) is 24.3 Å². The molecule has 1 fully saturated rings. The molecule has 2 aromatic heterocycles. The summed E-state index contributed by atoms with van der Waals surface area (Å²) in [5.41, 5.74) is 1.60. The highest BCUT2D eigenvalue weighted by atomic mass is 16.4. The molecule has 21 heavy (non-hydrogen) atoms. The number of hydrogen-bond acceptors (Lipinski definition) is 4. The van der Waals surface area contributed by atoms with E-state index in [2.05, 4.69) is 15.3 Å². The Hall–Kier alpha value is -2.76. The monoisotopic (exact) mass is 280 g/mol. The highest BCUT2D eigenvalue weighted by molar-refractivity contribution is 5.90. The SMILES string of the molecule is O=C(O)c1nnn(-c2cccc3cnccc23)c1C1CC1. The zero-order valence-corrected chi connectivity index (χ0v) is 11.1. The fourth-order valence-corrected chi connectivity index (χ4v) is 2.63. The zero-order valence-electron chi connectivity index (χ0n) is 11.1. The van der Waals surface area contributed by atoms with E-state index < -0.39 is 5.97 Å².